The molecule has 8 aromatic heterocycles. The van der Waals surface area contributed by atoms with Gasteiger partial charge in [0.2, 0.25) is 5.95 Å². The Morgan fingerprint density at radius 2 is 0.965 bits per heavy atom. The van der Waals surface area contributed by atoms with E-state index in [1.54, 1.807) is 41.5 Å². The maximum atomic E-state index is 18.0. The highest BCUT2D eigenvalue weighted by molar-refractivity contribution is 8.55. The lowest BCUT2D eigenvalue weighted by atomic mass is 9.89. The van der Waals surface area contributed by atoms with Crippen molar-refractivity contribution in [1.29, 1.82) is 0 Å². The number of hydrogen-bond donors (Lipinski definition) is 7. The van der Waals surface area contributed by atoms with Gasteiger partial charge in [0, 0.05) is 52.4 Å². The first-order valence-electron chi connectivity index (χ1n) is 34.6. The molecular formula is C60H77F3N20O23P4S3. The van der Waals surface area contributed by atoms with Crippen molar-refractivity contribution in [2.24, 2.45) is 28.1 Å². The number of phosphoric ester groups is 1. The first-order chi connectivity index (χ1) is 53.2. The molecule has 0 radical (unpaired) electrons. The van der Waals surface area contributed by atoms with Crippen molar-refractivity contribution in [3.63, 3.8) is 0 Å². The van der Waals surface area contributed by atoms with E-state index < -0.39 is 216 Å². The highest BCUT2D eigenvalue weighted by atomic mass is 32.7. The number of ether oxygens (including phenoxy) is 5. The number of aliphatic hydroxyl groups is 1. The summed E-state index contributed by atoms with van der Waals surface area (Å²) in [5, 5.41) is 12.3. The minimum atomic E-state index is -5.30. The number of aliphatic hydroxyl groups excluding tert-OH is 1. The Hall–Kier alpha value is -7.11. The number of nitrogens with two attached hydrogens (primary N) is 4. The minimum Gasteiger partial charge on any atom is -0.454 e. The molecule has 0 spiro atoms. The number of phosphoric acid groups is 1. The van der Waals surface area contributed by atoms with Gasteiger partial charge in [0.25, 0.3) is 5.56 Å². The second kappa shape index (κ2) is 31.4. The molecule has 2 aliphatic carbocycles. The van der Waals surface area contributed by atoms with Crippen molar-refractivity contribution in [1.82, 2.24) is 78.1 Å². The molecule has 20 atom stereocenters. The lowest BCUT2D eigenvalue weighted by molar-refractivity contribution is -0.152. The van der Waals surface area contributed by atoms with Crippen molar-refractivity contribution in [2.75, 3.05) is 67.2 Å². The Labute approximate surface area is 648 Å². The lowest BCUT2D eigenvalue weighted by Gasteiger charge is -2.31. The van der Waals surface area contributed by atoms with Gasteiger partial charge >= 0.3 is 46.1 Å². The topological polar surface area (TPSA) is 578 Å². The highest BCUT2D eigenvalue weighted by Crippen LogP contribution is 2.68. The van der Waals surface area contributed by atoms with E-state index in [2.05, 4.69) is 59.8 Å². The van der Waals surface area contributed by atoms with Crippen LogP contribution in [0.15, 0.2) is 42.8 Å². The van der Waals surface area contributed by atoms with Crippen LogP contribution >= 0.6 is 62.4 Å². The van der Waals surface area contributed by atoms with Crippen LogP contribution in [0.25, 0.3) is 44.7 Å². The zero-order valence-electron chi connectivity index (χ0n) is 60.9. The summed E-state index contributed by atoms with van der Waals surface area (Å²) in [7, 11) is -5.30. The molecule has 14 rings (SSSR count). The third-order valence-corrected chi connectivity index (χ3v) is 30.2. The number of H-pyrrole nitrogens is 1. The molecule has 11 N–H and O–H groups in total. The number of carbonyl (C=O) groups is 3. The fourth-order valence-electron chi connectivity index (χ4n) is 13.4. The quantitative estimate of drug-likeness (QED) is 0.0229. The molecule has 4 unspecified atom stereocenters. The van der Waals surface area contributed by atoms with Crippen LogP contribution < -0.4 is 28.5 Å². The first kappa shape index (κ1) is 82.4. The summed E-state index contributed by atoms with van der Waals surface area (Å²) in [4.78, 5) is 113. The van der Waals surface area contributed by atoms with Crippen LogP contribution in [0.1, 0.15) is 98.6 Å². The molecule has 4 aliphatic heterocycles. The Balaban J connectivity index is 0.719. The van der Waals surface area contributed by atoms with Gasteiger partial charge in [-0.3, -0.25) is 65.0 Å². The van der Waals surface area contributed by atoms with Gasteiger partial charge in [0.05, 0.1) is 80.1 Å². The fraction of sp³-hybridized carbons (Fsp3) is 0.617. The average molecular weight is 1720 g/mol. The van der Waals surface area contributed by atoms with Gasteiger partial charge < -0.3 is 70.3 Å². The Morgan fingerprint density at radius 3 is 1.52 bits per heavy atom. The van der Waals surface area contributed by atoms with Crippen molar-refractivity contribution in [3.05, 3.63) is 54.1 Å². The first-order valence-corrected chi connectivity index (χ1v) is 45.5. The smallest absolute Gasteiger partial charge is 0.454 e. The molecule has 8 aromatic rings. The third kappa shape index (κ3) is 16.8. The predicted octanol–water partition coefficient (Wildman–Crippen LogP) is 6.68. The van der Waals surface area contributed by atoms with Gasteiger partial charge in [0.15, 0.2) is 70.4 Å². The molecule has 0 amide bonds. The van der Waals surface area contributed by atoms with Crippen LogP contribution in [0.2, 0.25) is 0 Å². The van der Waals surface area contributed by atoms with E-state index in [4.69, 9.17) is 82.8 Å². The molecule has 614 valence electrons. The summed E-state index contributed by atoms with van der Waals surface area (Å²) in [6, 6.07) is -2.35. The molecule has 53 heteroatoms. The minimum absolute atomic E-state index is 0.0120. The summed E-state index contributed by atoms with van der Waals surface area (Å²) >= 11 is 1.01. The fourth-order valence-corrected chi connectivity index (χ4v) is 22.9. The van der Waals surface area contributed by atoms with E-state index in [0.717, 1.165) is 34.4 Å². The van der Waals surface area contributed by atoms with E-state index in [0.29, 0.717) is 22.8 Å². The zero-order chi connectivity index (χ0) is 81.0. The third-order valence-electron chi connectivity index (χ3n) is 19.2. The number of esters is 3. The van der Waals surface area contributed by atoms with Gasteiger partial charge in [-0.15, -0.1) is 0 Å². The van der Waals surface area contributed by atoms with Crippen LogP contribution in [0.5, 0.6) is 0 Å². The summed E-state index contributed by atoms with van der Waals surface area (Å²) in [5.74, 6) is -7.89. The van der Waals surface area contributed by atoms with E-state index in [9.17, 15) is 33.7 Å². The number of fused-ring (bicyclic) bond motifs is 8. The SMILES string of the molecule is CC(C)(C)C(=O)OCSP1(=O)OC[C@H]2C[C@@H](n3cnc4c(=O)[nH]c(N)nc43)[C@@H](O)[C@H]2OP(=O)(SCOC(=O)C(C)(C)C)OC[C@H]2O[C@@H](n3cnc4c(N)nc(CC(C)(C)C(=O)OCSP5(=O)OC[C@H]6O[C@@H](n7cnc8c(N)ncnc87)[C@@H](F)[C@H]6OP(=O)(O)OC[C@H]6C[C@@H](n7cnc8c(N)ncnc87)[C@@H](F)[C@H]6O5)nc43)[C@@H](F)[C@H]2O1. The van der Waals surface area contributed by atoms with E-state index in [1.165, 1.54) is 35.6 Å². The number of alkyl halides is 3. The molecule has 113 heavy (non-hydrogen) atoms. The molecule has 6 fully saturated rings. The number of aromatic nitrogens is 16. The maximum absolute atomic E-state index is 18.0. The molecule has 0 aromatic carbocycles. The monoisotopic (exact) mass is 1720 g/mol. The van der Waals surface area contributed by atoms with Crippen LogP contribution in [0.4, 0.5) is 36.6 Å². The number of halogens is 3. The normalized spacial score (nSPS) is 32.9. The van der Waals surface area contributed by atoms with Gasteiger partial charge in [-0.2, -0.15) is 4.98 Å². The van der Waals surface area contributed by atoms with Crippen molar-refractivity contribution >= 4 is 148 Å². The van der Waals surface area contributed by atoms with E-state index in [-0.39, 0.29) is 98.1 Å². The Bertz CT molecular complexity index is 5260. The van der Waals surface area contributed by atoms with Gasteiger partial charge in [0.1, 0.15) is 102 Å². The largest absolute Gasteiger partial charge is 0.472 e. The Kier molecular flexibility index (Phi) is 22.9. The lowest BCUT2D eigenvalue weighted by Crippen LogP contribution is -2.36. The molecule has 43 nitrogen and oxygen atoms in total. The van der Waals surface area contributed by atoms with E-state index >= 15 is 26.9 Å². The number of hydrogen-bond acceptors (Lipinski definition) is 40. The molecule has 6 aliphatic rings. The number of nitrogen functional groups attached to an aromatic ring is 4. The van der Waals surface area contributed by atoms with Crippen LogP contribution in [0.3, 0.4) is 0 Å². The van der Waals surface area contributed by atoms with Crippen LogP contribution in [-0.2, 0) is 98.9 Å². The number of imidazole rings is 4. The summed E-state index contributed by atoms with van der Waals surface area (Å²) in [6.45, 7) is -5.74. The molecule has 4 saturated heterocycles. The summed E-state index contributed by atoms with van der Waals surface area (Å²) < 4.78 is 194. The van der Waals surface area contributed by atoms with Crippen molar-refractivity contribution < 1.29 is 116 Å². The predicted molar refractivity (Wildman–Crippen MR) is 393 cm³/mol. The second-order valence-corrected chi connectivity index (χ2v) is 43.1. The molecule has 12 heterocycles. The number of nitrogens with zero attached hydrogens (tertiary/aromatic N) is 15. The van der Waals surface area contributed by atoms with Crippen LogP contribution in [0, 0.1) is 28.1 Å². The number of carbonyl (C=O) groups excluding carboxylic acids is 3. The molecule has 0 bridgehead atoms. The Morgan fingerprint density at radius 1 is 0.531 bits per heavy atom. The average Bonchev–Trinajstić information content (AvgIpc) is 1.62. The van der Waals surface area contributed by atoms with Gasteiger partial charge in [-0.25, -0.2) is 81.3 Å². The number of anilines is 4. The molecule has 2 saturated carbocycles. The van der Waals surface area contributed by atoms with Crippen molar-refractivity contribution in [2.45, 2.75) is 160 Å². The number of nitrogens with one attached hydrogen (secondary N) is 1. The summed E-state index contributed by atoms with van der Waals surface area (Å²) in [6.07, 6.45) is -17.0. The molecular weight excluding hydrogens is 1650 g/mol. The van der Waals surface area contributed by atoms with Gasteiger partial charge in [-0.1, -0.05) is 0 Å². The second-order valence-electron chi connectivity index (χ2n) is 29.7. The number of rotatable bonds is 16. The zero-order valence-corrected chi connectivity index (χ0v) is 66.9. The standard InChI is InChI=1S/C60H77F3N20O23P4S3/c1-58(2,3)54(86)94-22-111-108(91)98-13-26-10-28(81-19-75-38-50(81)78-57(67)79-51(38)85)39(84)41(26)105-110(93,112-23-95-55(87)59(4,5)6)100-15-30-43(106-108)34(63)53(102-30)83-21-74-37-46(66)76-31(77-49(37)83)11-60(7,8)56(88)96-24-113-109(92)99-14-29-42(33(62)52(101-29)82-20-73-36-45(65)69-17-71-48(36)82)103-107(89,90)97-12-25-9-27(32(61)40(25)104-109)80-18-72-35-44(64)68-16-70-47(35)80/h16-21,25-30,32-34,39-43,52-53,84H,9-15,22-24H2,1-8H3,(H,89,90)(H2,64,68,70)(H2,65,69,71)(H2,66,76,77)(H3,67,78,79,85)/t25-,26-,27-,28-,29-,30-,32-,33+,34+,39-,40+,41+,42+,43+,52-,53-,108?,109?,110?/m1/s1. The van der Waals surface area contributed by atoms with E-state index in [1.807, 2.05) is 0 Å². The number of aromatic amines is 1. The van der Waals surface area contributed by atoms with Gasteiger partial charge in [-0.05, 0) is 68.2 Å². The highest BCUT2D eigenvalue weighted by Gasteiger charge is 2.58. The van der Waals surface area contributed by atoms with Crippen LogP contribution in [-0.4, -0.2) is 211 Å². The van der Waals surface area contributed by atoms with Crippen molar-refractivity contribution in [3.8, 4) is 0 Å². The maximum Gasteiger partial charge on any atom is 0.472 e. The summed E-state index contributed by atoms with van der Waals surface area (Å²) in [5.41, 5.74) is 19.7.